The summed E-state index contributed by atoms with van der Waals surface area (Å²) in [6.45, 7) is 4.80. The van der Waals surface area contributed by atoms with Crippen molar-refractivity contribution in [3.05, 3.63) is 35.4 Å². The Balaban J connectivity index is 1.56. The van der Waals surface area contributed by atoms with Crippen molar-refractivity contribution in [2.45, 2.75) is 38.3 Å². The smallest absolute Gasteiger partial charge is 0.253 e. The van der Waals surface area contributed by atoms with E-state index in [1.54, 1.807) is 0 Å². The number of amides is 1. The van der Waals surface area contributed by atoms with Gasteiger partial charge in [0.1, 0.15) is 0 Å². The fourth-order valence-electron chi connectivity index (χ4n) is 3.51. The van der Waals surface area contributed by atoms with Crippen molar-refractivity contribution in [1.29, 1.82) is 0 Å². The first-order valence-electron chi connectivity index (χ1n) is 8.10. The van der Waals surface area contributed by atoms with Gasteiger partial charge >= 0.3 is 0 Å². The molecule has 1 aromatic rings. The summed E-state index contributed by atoms with van der Waals surface area (Å²) in [5.74, 6) is 0.165. The monoisotopic (exact) mass is 287 g/mol. The third kappa shape index (κ3) is 3.27. The molecule has 2 aliphatic heterocycles. The molecule has 2 fully saturated rings. The van der Waals surface area contributed by atoms with E-state index in [0.29, 0.717) is 12.6 Å². The normalized spacial score (nSPS) is 20.9. The van der Waals surface area contributed by atoms with Crippen molar-refractivity contribution in [1.82, 2.24) is 9.80 Å². The predicted molar refractivity (Wildman–Crippen MR) is 84.1 cm³/mol. The molecule has 114 valence electrons. The second-order valence-electron chi connectivity index (χ2n) is 6.17. The molecule has 4 heteroatoms. The first-order chi connectivity index (χ1) is 10.3. The Bertz CT molecular complexity index is 471. The minimum atomic E-state index is 0.165. The Morgan fingerprint density at radius 1 is 1.05 bits per heavy atom. The first kappa shape index (κ1) is 14.5. The molecule has 0 unspecified atom stereocenters. The number of carbonyl (C=O) groups is 1. The molecule has 0 saturated carbocycles. The van der Waals surface area contributed by atoms with E-state index in [9.17, 15) is 4.79 Å². The number of piperidine rings is 1. The molecular formula is C17H25N3O. The summed E-state index contributed by atoms with van der Waals surface area (Å²) in [6.07, 6.45) is 4.92. The maximum absolute atomic E-state index is 12.5. The van der Waals surface area contributed by atoms with Gasteiger partial charge in [-0.1, -0.05) is 12.1 Å². The van der Waals surface area contributed by atoms with E-state index >= 15 is 0 Å². The van der Waals surface area contributed by atoms with Crippen LogP contribution in [0.15, 0.2) is 24.3 Å². The standard InChI is InChI=1S/C17H25N3O/c18-13-14-3-5-15(6-4-14)17(21)20-11-7-16(8-12-20)19-9-1-2-10-19/h3-6,16H,1-2,7-13,18H2. The van der Waals surface area contributed by atoms with Crippen LogP contribution in [0.1, 0.15) is 41.6 Å². The lowest BCUT2D eigenvalue weighted by Gasteiger charge is -2.36. The van der Waals surface area contributed by atoms with Crippen LogP contribution in [-0.2, 0) is 6.54 Å². The maximum atomic E-state index is 12.5. The highest BCUT2D eigenvalue weighted by Crippen LogP contribution is 2.22. The van der Waals surface area contributed by atoms with E-state index in [0.717, 1.165) is 37.1 Å². The molecule has 0 bridgehead atoms. The topological polar surface area (TPSA) is 49.6 Å². The van der Waals surface area contributed by atoms with Crippen LogP contribution in [0.25, 0.3) is 0 Å². The number of benzene rings is 1. The fourth-order valence-corrected chi connectivity index (χ4v) is 3.51. The molecule has 2 saturated heterocycles. The Morgan fingerprint density at radius 3 is 2.24 bits per heavy atom. The molecule has 3 rings (SSSR count). The SMILES string of the molecule is NCc1ccc(C(=O)N2CCC(N3CCCC3)CC2)cc1. The van der Waals surface area contributed by atoms with Gasteiger partial charge in [0.25, 0.3) is 5.91 Å². The summed E-state index contributed by atoms with van der Waals surface area (Å²) >= 11 is 0. The Labute approximate surface area is 126 Å². The Hall–Kier alpha value is -1.39. The quantitative estimate of drug-likeness (QED) is 0.923. The van der Waals surface area contributed by atoms with Crippen LogP contribution < -0.4 is 5.73 Å². The summed E-state index contributed by atoms with van der Waals surface area (Å²) in [6, 6.07) is 8.39. The van der Waals surface area contributed by atoms with Crippen molar-refractivity contribution in [3.63, 3.8) is 0 Å². The third-order valence-electron chi connectivity index (χ3n) is 4.85. The van der Waals surface area contributed by atoms with Gasteiger partial charge in [0.2, 0.25) is 0 Å². The number of hydrogen-bond donors (Lipinski definition) is 1. The number of hydrogen-bond acceptors (Lipinski definition) is 3. The minimum absolute atomic E-state index is 0.165. The fraction of sp³-hybridized carbons (Fsp3) is 0.588. The predicted octanol–water partition coefficient (Wildman–Crippen LogP) is 1.85. The average molecular weight is 287 g/mol. The van der Waals surface area contributed by atoms with Crippen LogP contribution in [0, 0.1) is 0 Å². The van der Waals surface area contributed by atoms with Gasteiger partial charge in [-0.3, -0.25) is 4.79 Å². The van der Waals surface area contributed by atoms with Crippen molar-refractivity contribution in [2.24, 2.45) is 5.73 Å². The van der Waals surface area contributed by atoms with Gasteiger partial charge < -0.3 is 15.5 Å². The van der Waals surface area contributed by atoms with Crippen LogP contribution in [0.2, 0.25) is 0 Å². The van der Waals surface area contributed by atoms with E-state index in [1.165, 1.54) is 25.9 Å². The van der Waals surface area contributed by atoms with E-state index < -0.39 is 0 Å². The van der Waals surface area contributed by atoms with Crippen LogP contribution >= 0.6 is 0 Å². The summed E-state index contributed by atoms with van der Waals surface area (Å²) in [7, 11) is 0. The lowest BCUT2D eigenvalue weighted by Crippen LogP contribution is -2.45. The Kier molecular flexibility index (Phi) is 4.56. The maximum Gasteiger partial charge on any atom is 0.253 e. The number of nitrogens with zero attached hydrogens (tertiary/aromatic N) is 2. The zero-order valence-electron chi connectivity index (χ0n) is 12.6. The molecule has 4 nitrogen and oxygen atoms in total. The Morgan fingerprint density at radius 2 is 1.67 bits per heavy atom. The summed E-state index contributed by atoms with van der Waals surface area (Å²) in [5.41, 5.74) is 7.45. The molecule has 0 aliphatic carbocycles. The van der Waals surface area contributed by atoms with E-state index in [-0.39, 0.29) is 5.91 Å². The molecule has 0 spiro atoms. The highest BCUT2D eigenvalue weighted by Gasteiger charge is 2.28. The number of likely N-dealkylation sites (tertiary alicyclic amines) is 2. The molecule has 21 heavy (non-hydrogen) atoms. The van der Waals surface area contributed by atoms with Gasteiger partial charge in [-0.25, -0.2) is 0 Å². The number of rotatable bonds is 3. The zero-order chi connectivity index (χ0) is 14.7. The highest BCUT2D eigenvalue weighted by atomic mass is 16.2. The zero-order valence-corrected chi connectivity index (χ0v) is 12.6. The van der Waals surface area contributed by atoms with Gasteiger partial charge in [0.15, 0.2) is 0 Å². The molecule has 1 aromatic carbocycles. The summed E-state index contributed by atoms with van der Waals surface area (Å²) in [4.78, 5) is 17.1. The van der Waals surface area contributed by atoms with Crippen molar-refractivity contribution >= 4 is 5.91 Å². The van der Waals surface area contributed by atoms with Crippen molar-refractivity contribution in [2.75, 3.05) is 26.2 Å². The van der Waals surface area contributed by atoms with Crippen LogP contribution in [0.3, 0.4) is 0 Å². The molecule has 0 atom stereocenters. The van der Waals surface area contributed by atoms with Crippen molar-refractivity contribution < 1.29 is 4.79 Å². The lowest BCUT2D eigenvalue weighted by molar-refractivity contribution is 0.0644. The van der Waals surface area contributed by atoms with Gasteiger partial charge in [-0.2, -0.15) is 0 Å². The molecular weight excluding hydrogens is 262 g/mol. The average Bonchev–Trinajstić information content (AvgIpc) is 3.09. The minimum Gasteiger partial charge on any atom is -0.339 e. The summed E-state index contributed by atoms with van der Waals surface area (Å²) in [5, 5.41) is 0. The first-order valence-corrected chi connectivity index (χ1v) is 8.10. The summed E-state index contributed by atoms with van der Waals surface area (Å²) < 4.78 is 0. The molecule has 0 radical (unpaired) electrons. The number of carbonyl (C=O) groups excluding carboxylic acids is 1. The molecule has 2 heterocycles. The van der Waals surface area contributed by atoms with E-state index in [4.69, 9.17) is 5.73 Å². The lowest BCUT2D eigenvalue weighted by atomic mass is 10.0. The van der Waals surface area contributed by atoms with Crippen LogP contribution in [0.5, 0.6) is 0 Å². The van der Waals surface area contributed by atoms with Crippen molar-refractivity contribution in [3.8, 4) is 0 Å². The van der Waals surface area contributed by atoms with Gasteiger partial charge in [-0.05, 0) is 56.5 Å². The molecule has 0 aromatic heterocycles. The molecule has 1 amide bonds. The van der Waals surface area contributed by atoms with Gasteiger partial charge in [-0.15, -0.1) is 0 Å². The molecule has 2 N–H and O–H groups in total. The second kappa shape index (κ2) is 6.58. The third-order valence-corrected chi connectivity index (χ3v) is 4.85. The van der Waals surface area contributed by atoms with Crippen LogP contribution in [0.4, 0.5) is 0 Å². The second-order valence-corrected chi connectivity index (χ2v) is 6.17. The van der Waals surface area contributed by atoms with E-state index in [2.05, 4.69) is 4.90 Å². The van der Waals surface area contributed by atoms with Gasteiger partial charge in [0, 0.05) is 31.2 Å². The van der Waals surface area contributed by atoms with Crippen LogP contribution in [-0.4, -0.2) is 47.9 Å². The highest BCUT2D eigenvalue weighted by molar-refractivity contribution is 5.94. The number of nitrogens with two attached hydrogens (primary N) is 1. The molecule has 2 aliphatic rings. The largest absolute Gasteiger partial charge is 0.339 e. The van der Waals surface area contributed by atoms with E-state index in [1.807, 2.05) is 29.2 Å². The van der Waals surface area contributed by atoms with Gasteiger partial charge in [0.05, 0.1) is 0 Å².